The number of aromatic hydroxyl groups is 2. The molecule has 2 aliphatic rings. The molecular formula is C22H14O13. The minimum Gasteiger partial charge on any atom is -0.507 e. The van der Waals surface area contributed by atoms with E-state index in [2.05, 4.69) is 0 Å². The van der Waals surface area contributed by atoms with Crippen LogP contribution in [0.25, 0.3) is 0 Å². The van der Waals surface area contributed by atoms with Gasteiger partial charge in [0.2, 0.25) is 6.29 Å². The highest BCUT2D eigenvalue weighted by Gasteiger charge is 2.43. The Morgan fingerprint density at radius 1 is 1.06 bits per heavy atom. The predicted molar refractivity (Wildman–Crippen MR) is 108 cm³/mol. The molecule has 0 saturated heterocycles. The van der Waals surface area contributed by atoms with Crippen molar-refractivity contribution >= 4 is 30.2 Å². The van der Waals surface area contributed by atoms with Gasteiger partial charge in [0.05, 0.1) is 16.7 Å². The maximum atomic E-state index is 13.0. The molecule has 0 saturated carbocycles. The Labute approximate surface area is 194 Å². The fourth-order valence-electron chi connectivity index (χ4n) is 3.60. The Bertz CT molecular complexity index is 1370. The van der Waals surface area contributed by atoms with Crippen LogP contribution in [-0.2, 0) is 25.7 Å². The van der Waals surface area contributed by atoms with Crippen LogP contribution in [0.3, 0.4) is 0 Å². The molecule has 0 radical (unpaired) electrons. The van der Waals surface area contributed by atoms with Crippen LogP contribution in [0, 0.1) is 6.92 Å². The molecule has 2 heterocycles. The number of benzene rings is 2. The van der Waals surface area contributed by atoms with E-state index in [1.54, 1.807) is 0 Å². The maximum Gasteiger partial charge on any atom is 0.347 e. The number of hydrogen-bond donors (Lipinski definition) is 4. The van der Waals surface area contributed by atoms with Gasteiger partial charge in [-0.1, -0.05) is 0 Å². The number of phenols is 2. The Balaban J connectivity index is 1.93. The van der Waals surface area contributed by atoms with Crippen molar-refractivity contribution in [2.75, 3.05) is 0 Å². The lowest BCUT2D eigenvalue weighted by Crippen LogP contribution is -2.12. The summed E-state index contributed by atoms with van der Waals surface area (Å²) >= 11 is 0. The van der Waals surface area contributed by atoms with E-state index in [0.29, 0.717) is 12.2 Å². The van der Waals surface area contributed by atoms with Gasteiger partial charge in [0, 0.05) is 12.2 Å². The summed E-state index contributed by atoms with van der Waals surface area (Å²) in [4.78, 5) is 59.3. The first-order valence-corrected chi connectivity index (χ1v) is 9.65. The number of carbonyl (C=O) groups excluding carboxylic acids is 4. The highest BCUT2D eigenvalue weighted by Crippen LogP contribution is 2.54. The van der Waals surface area contributed by atoms with Gasteiger partial charge in [-0.3, -0.25) is 4.79 Å². The van der Waals surface area contributed by atoms with Crippen LogP contribution >= 0.6 is 0 Å². The van der Waals surface area contributed by atoms with Crippen molar-refractivity contribution < 1.29 is 63.3 Å². The number of aldehydes is 1. The number of aliphatic hydroxyl groups excluding tert-OH is 1. The lowest BCUT2D eigenvalue weighted by Gasteiger charge is -2.17. The van der Waals surface area contributed by atoms with Crippen molar-refractivity contribution in [3.05, 3.63) is 51.6 Å². The van der Waals surface area contributed by atoms with Crippen LogP contribution in [0.2, 0.25) is 0 Å². The zero-order valence-electron chi connectivity index (χ0n) is 17.6. The van der Waals surface area contributed by atoms with Gasteiger partial charge in [0.15, 0.2) is 23.5 Å². The molecular weight excluding hydrogens is 472 g/mol. The first-order valence-electron chi connectivity index (χ1n) is 9.65. The Kier molecular flexibility index (Phi) is 5.62. The third-order valence-electron chi connectivity index (χ3n) is 5.12. The van der Waals surface area contributed by atoms with E-state index in [9.17, 15) is 39.3 Å². The normalized spacial score (nSPS) is 15.8. The number of carbonyl (C=O) groups is 5. The number of carboxylic acids is 1. The number of rotatable bonds is 5. The topological polar surface area (TPSA) is 203 Å². The van der Waals surface area contributed by atoms with E-state index in [4.69, 9.17) is 24.1 Å². The predicted octanol–water partition coefficient (Wildman–Crippen LogP) is 1.39. The van der Waals surface area contributed by atoms with Gasteiger partial charge in [0.25, 0.3) is 0 Å². The first-order chi connectivity index (χ1) is 16.5. The van der Waals surface area contributed by atoms with Gasteiger partial charge in [-0.05, 0) is 18.6 Å². The molecule has 2 aromatic rings. The summed E-state index contributed by atoms with van der Waals surface area (Å²) in [5.74, 6) is -7.83. The number of aryl methyl sites for hydroxylation is 1. The number of hydrogen-bond acceptors (Lipinski definition) is 12. The van der Waals surface area contributed by atoms with E-state index >= 15 is 0 Å². The molecule has 13 heteroatoms. The summed E-state index contributed by atoms with van der Waals surface area (Å²) in [5.41, 5.74) is -2.07. The monoisotopic (exact) mass is 486 g/mol. The summed E-state index contributed by atoms with van der Waals surface area (Å²) in [5, 5.41) is 39.8. The minimum atomic E-state index is -1.97. The van der Waals surface area contributed by atoms with Gasteiger partial charge in [-0.15, -0.1) is 0 Å². The van der Waals surface area contributed by atoms with Gasteiger partial charge in [0.1, 0.15) is 29.2 Å². The van der Waals surface area contributed by atoms with Crippen LogP contribution in [0.1, 0.15) is 54.1 Å². The van der Waals surface area contributed by atoms with Crippen molar-refractivity contribution in [2.24, 2.45) is 0 Å². The van der Waals surface area contributed by atoms with Crippen LogP contribution in [0.5, 0.6) is 28.7 Å². The van der Waals surface area contributed by atoms with Gasteiger partial charge >= 0.3 is 23.9 Å². The zero-order chi connectivity index (χ0) is 25.6. The van der Waals surface area contributed by atoms with E-state index in [1.807, 2.05) is 0 Å². The summed E-state index contributed by atoms with van der Waals surface area (Å²) in [6.07, 6.45) is -0.688. The second kappa shape index (κ2) is 8.46. The summed E-state index contributed by atoms with van der Waals surface area (Å²) < 4.78 is 20.7. The summed E-state index contributed by atoms with van der Waals surface area (Å²) in [7, 11) is 0. The summed E-state index contributed by atoms with van der Waals surface area (Å²) in [6, 6.07) is 1.12. The summed E-state index contributed by atoms with van der Waals surface area (Å²) in [6.45, 7) is 0.569. The number of aliphatic hydroxyl groups is 1. The molecule has 180 valence electrons. The van der Waals surface area contributed by atoms with E-state index in [0.717, 1.165) is 6.07 Å². The fourth-order valence-corrected chi connectivity index (χ4v) is 3.60. The molecule has 1 unspecified atom stereocenters. The SMILES string of the molecule is Cc1cc(O)c(C=O)c2c1C(=O)Oc1c(COC(=O)/C=C/C(=O)O)c(O)c3c(c1O2)C(O)OC3=O. The lowest BCUT2D eigenvalue weighted by molar-refractivity contribution is -0.139. The van der Waals surface area contributed by atoms with Crippen LogP contribution in [0.4, 0.5) is 0 Å². The third-order valence-corrected chi connectivity index (χ3v) is 5.12. The molecule has 4 rings (SSSR count). The van der Waals surface area contributed by atoms with E-state index in [-0.39, 0.29) is 17.4 Å². The molecule has 0 amide bonds. The molecule has 13 nitrogen and oxygen atoms in total. The molecule has 35 heavy (non-hydrogen) atoms. The van der Waals surface area contributed by atoms with Gasteiger partial charge in [-0.2, -0.15) is 0 Å². The minimum absolute atomic E-state index is 0.140. The molecule has 1 atom stereocenters. The van der Waals surface area contributed by atoms with Gasteiger partial charge in [-0.25, -0.2) is 19.2 Å². The zero-order valence-corrected chi connectivity index (χ0v) is 17.6. The molecule has 0 aliphatic carbocycles. The second-order valence-electron chi connectivity index (χ2n) is 7.25. The molecule has 0 aromatic heterocycles. The number of ether oxygens (including phenoxy) is 4. The highest BCUT2D eigenvalue weighted by atomic mass is 16.6. The quantitative estimate of drug-likeness (QED) is 0.204. The number of phenolic OH excluding ortho intramolecular Hbond substituents is 2. The van der Waals surface area contributed by atoms with Crippen molar-refractivity contribution in [2.45, 2.75) is 19.8 Å². The maximum absolute atomic E-state index is 13.0. The molecule has 2 aromatic carbocycles. The molecule has 0 fully saturated rings. The Morgan fingerprint density at radius 3 is 2.43 bits per heavy atom. The van der Waals surface area contributed by atoms with Gasteiger partial charge < -0.3 is 39.4 Å². The molecule has 4 N–H and O–H groups in total. The van der Waals surface area contributed by atoms with E-state index < -0.39 is 87.8 Å². The van der Waals surface area contributed by atoms with Crippen molar-refractivity contribution in [3.63, 3.8) is 0 Å². The third kappa shape index (κ3) is 3.79. The Morgan fingerprint density at radius 2 is 1.77 bits per heavy atom. The van der Waals surface area contributed by atoms with Crippen molar-refractivity contribution in [1.82, 2.24) is 0 Å². The second-order valence-corrected chi connectivity index (χ2v) is 7.25. The molecule has 0 bridgehead atoms. The van der Waals surface area contributed by atoms with Crippen molar-refractivity contribution in [3.8, 4) is 28.7 Å². The van der Waals surface area contributed by atoms with Crippen molar-refractivity contribution in [1.29, 1.82) is 0 Å². The highest BCUT2D eigenvalue weighted by molar-refractivity contribution is 6.04. The number of carboxylic acid groups (broad SMARTS) is 1. The smallest absolute Gasteiger partial charge is 0.347 e. The standard InChI is InChI=1S/C22H14O13/c1-7-4-10(24)8(5-23)17-13(7)20(29)34-18-9(6-32-12(27)3-2-11(25)26)16(28)14-15(19(18)33-17)22(31)35-21(14)30/h2-5,22,24,28,31H,6H2,1H3,(H,25,26)/b3-2+. The number of aliphatic carboxylic acids is 1. The van der Waals surface area contributed by atoms with E-state index in [1.165, 1.54) is 6.92 Å². The Hall–Kier alpha value is -4.91. The number of fused-ring (bicyclic) bond motifs is 4. The van der Waals surface area contributed by atoms with Crippen LogP contribution in [-0.4, -0.2) is 50.6 Å². The average molecular weight is 486 g/mol. The average Bonchev–Trinajstić information content (AvgIpc) is 2.98. The fraction of sp³-hybridized carbons (Fsp3) is 0.136. The number of esters is 3. The largest absolute Gasteiger partial charge is 0.507 e. The first kappa shape index (κ1) is 23.3. The van der Waals surface area contributed by atoms with Crippen LogP contribution < -0.4 is 9.47 Å². The van der Waals surface area contributed by atoms with Crippen LogP contribution in [0.15, 0.2) is 18.2 Å². The molecule has 0 spiro atoms. The number of cyclic esters (lactones) is 1. The lowest BCUT2D eigenvalue weighted by atomic mass is 10.0. The molecule has 2 aliphatic heterocycles.